The third kappa shape index (κ3) is 3.54. The molecule has 3 aliphatic heterocycles. The van der Waals surface area contributed by atoms with Gasteiger partial charge in [-0.2, -0.15) is 0 Å². The molecule has 3 saturated heterocycles. The molecule has 1 spiro atoms. The summed E-state index contributed by atoms with van der Waals surface area (Å²) in [7, 11) is 0. The van der Waals surface area contributed by atoms with Crippen molar-refractivity contribution in [2.75, 3.05) is 39.4 Å². The van der Waals surface area contributed by atoms with Gasteiger partial charge in [-0.05, 0) is 75.6 Å². The summed E-state index contributed by atoms with van der Waals surface area (Å²) in [4.78, 5) is 17.3. The molecule has 1 amide bonds. The molecule has 5 aliphatic rings. The van der Waals surface area contributed by atoms with Gasteiger partial charge in [0.15, 0.2) is 0 Å². The van der Waals surface area contributed by atoms with Crippen LogP contribution in [0.5, 0.6) is 5.75 Å². The van der Waals surface area contributed by atoms with Crippen LogP contribution in [-0.4, -0.2) is 67.2 Å². The van der Waals surface area contributed by atoms with Crippen molar-refractivity contribution in [3.63, 3.8) is 0 Å². The molecule has 0 bridgehead atoms. The van der Waals surface area contributed by atoms with E-state index in [0.29, 0.717) is 42.6 Å². The number of carbonyl (C=O) groups is 1. The number of benzene rings is 1. The molecule has 5 fully saturated rings. The Bertz CT molecular complexity index is 789. The molecule has 2 aliphatic carbocycles. The number of hydrogen-bond donors (Lipinski definition) is 0. The summed E-state index contributed by atoms with van der Waals surface area (Å²) in [6, 6.07) is 9.45. The first-order chi connectivity index (χ1) is 14.7. The van der Waals surface area contributed by atoms with Gasteiger partial charge in [-0.15, -0.1) is 0 Å². The van der Waals surface area contributed by atoms with Crippen LogP contribution in [0.4, 0.5) is 0 Å². The first kappa shape index (κ1) is 19.1. The Morgan fingerprint density at radius 3 is 2.50 bits per heavy atom. The summed E-state index contributed by atoms with van der Waals surface area (Å²) >= 11 is 0. The number of piperidine rings is 1. The van der Waals surface area contributed by atoms with Crippen molar-refractivity contribution in [3.05, 3.63) is 29.8 Å². The van der Waals surface area contributed by atoms with E-state index in [9.17, 15) is 4.79 Å². The Morgan fingerprint density at radius 2 is 1.80 bits per heavy atom. The molecule has 1 atom stereocenters. The van der Waals surface area contributed by atoms with Gasteiger partial charge in [-0.3, -0.25) is 4.79 Å². The molecule has 6 rings (SSSR count). The van der Waals surface area contributed by atoms with E-state index in [1.807, 2.05) is 0 Å². The van der Waals surface area contributed by atoms with Crippen molar-refractivity contribution in [1.82, 2.24) is 9.80 Å². The van der Waals surface area contributed by atoms with Crippen LogP contribution in [-0.2, 0) is 9.53 Å². The molecular formula is C25H34N2O3. The monoisotopic (exact) mass is 410 g/mol. The van der Waals surface area contributed by atoms with Crippen molar-refractivity contribution in [1.29, 1.82) is 0 Å². The van der Waals surface area contributed by atoms with Crippen LogP contribution in [0, 0.1) is 11.3 Å². The lowest BCUT2D eigenvalue weighted by molar-refractivity contribution is -0.161. The van der Waals surface area contributed by atoms with Crippen molar-refractivity contribution in [3.8, 4) is 5.75 Å². The van der Waals surface area contributed by atoms with Gasteiger partial charge >= 0.3 is 0 Å². The van der Waals surface area contributed by atoms with Crippen LogP contribution in [0.15, 0.2) is 24.3 Å². The van der Waals surface area contributed by atoms with Crippen LogP contribution in [0.25, 0.3) is 0 Å². The van der Waals surface area contributed by atoms with E-state index < -0.39 is 0 Å². The van der Waals surface area contributed by atoms with Crippen molar-refractivity contribution >= 4 is 5.91 Å². The third-order valence-electron chi connectivity index (χ3n) is 8.25. The van der Waals surface area contributed by atoms with E-state index in [2.05, 4.69) is 34.1 Å². The van der Waals surface area contributed by atoms with Gasteiger partial charge in [0.2, 0.25) is 5.91 Å². The summed E-state index contributed by atoms with van der Waals surface area (Å²) in [5.74, 6) is 2.25. The molecule has 3 heterocycles. The van der Waals surface area contributed by atoms with Crippen LogP contribution >= 0.6 is 0 Å². The molecule has 5 nitrogen and oxygen atoms in total. The Hall–Kier alpha value is -1.59. The molecule has 30 heavy (non-hydrogen) atoms. The third-order valence-corrected chi connectivity index (χ3v) is 8.25. The van der Waals surface area contributed by atoms with Gasteiger partial charge in [-0.1, -0.05) is 18.2 Å². The molecule has 5 heteroatoms. The number of rotatable bonds is 5. The second kappa shape index (κ2) is 7.52. The lowest BCUT2D eigenvalue weighted by Gasteiger charge is -2.50. The zero-order chi connectivity index (χ0) is 20.1. The van der Waals surface area contributed by atoms with Crippen molar-refractivity contribution in [2.45, 2.75) is 63.0 Å². The van der Waals surface area contributed by atoms with E-state index in [4.69, 9.17) is 9.47 Å². The molecule has 0 radical (unpaired) electrons. The second-order valence-electron chi connectivity index (χ2n) is 10.5. The molecule has 0 N–H and O–H groups in total. The Kier molecular flexibility index (Phi) is 4.80. The topological polar surface area (TPSA) is 42.0 Å². The number of nitrogens with zero attached hydrogens (tertiary/aromatic N) is 2. The van der Waals surface area contributed by atoms with Gasteiger partial charge in [0.05, 0.1) is 25.2 Å². The van der Waals surface area contributed by atoms with E-state index in [1.165, 1.54) is 63.6 Å². The number of para-hydroxylation sites is 1. The van der Waals surface area contributed by atoms with Gasteiger partial charge < -0.3 is 19.3 Å². The minimum absolute atomic E-state index is 0.144. The fourth-order valence-electron chi connectivity index (χ4n) is 6.20. The number of hydrogen-bond acceptors (Lipinski definition) is 4. The largest absolute Gasteiger partial charge is 0.490 e. The maximum atomic E-state index is 12.4. The maximum absolute atomic E-state index is 12.4. The predicted octanol–water partition coefficient (Wildman–Crippen LogP) is 3.43. The highest BCUT2D eigenvalue weighted by molar-refractivity contribution is 5.80. The average Bonchev–Trinajstić information content (AvgIpc) is 3.40. The normalized spacial score (nSPS) is 29.6. The quantitative estimate of drug-likeness (QED) is 0.746. The lowest BCUT2D eigenvalue weighted by Crippen LogP contribution is -2.61. The minimum Gasteiger partial charge on any atom is -0.490 e. The Morgan fingerprint density at radius 1 is 1.03 bits per heavy atom. The van der Waals surface area contributed by atoms with E-state index >= 15 is 0 Å². The number of carbonyl (C=O) groups excluding carboxylic acids is 1. The van der Waals surface area contributed by atoms with Crippen LogP contribution < -0.4 is 4.74 Å². The highest BCUT2D eigenvalue weighted by Gasteiger charge is 2.52. The molecular weight excluding hydrogens is 376 g/mol. The Labute approximate surface area is 179 Å². The van der Waals surface area contributed by atoms with Crippen molar-refractivity contribution < 1.29 is 14.3 Å². The first-order valence-corrected chi connectivity index (χ1v) is 12.1. The average molecular weight is 411 g/mol. The first-order valence-electron chi connectivity index (χ1n) is 12.1. The molecule has 162 valence electrons. The SMILES string of the molecule is O=C(C1COC1)N1CC2(CCC(N3CCC(c4ccccc4OC4CC4)CC3)C2)C1. The van der Waals surface area contributed by atoms with Gasteiger partial charge in [-0.25, -0.2) is 0 Å². The summed E-state index contributed by atoms with van der Waals surface area (Å²) in [6.45, 7) is 5.64. The summed E-state index contributed by atoms with van der Waals surface area (Å²) in [5, 5.41) is 0. The Balaban J connectivity index is 1.02. The second-order valence-corrected chi connectivity index (χ2v) is 10.5. The zero-order valence-corrected chi connectivity index (χ0v) is 17.9. The number of likely N-dealkylation sites (tertiary alicyclic amines) is 2. The van der Waals surface area contributed by atoms with E-state index in [1.54, 1.807) is 0 Å². The highest BCUT2D eigenvalue weighted by atomic mass is 16.5. The summed E-state index contributed by atoms with van der Waals surface area (Å²) in [5.41, 5.74) is 1.84. The van der Waals surface area contributed by atoms with Gasteiger partial charge in [0, 0.05) is 24.5 Å². The van der Waals surface area contributed by atoms with E-state index in [0.717, 1.165) is 18.8 Å². The molecule has 0 aromatic heterocycles. The fourth-order valence-corrected chi connectivity index (χ4v) is 6.20. The van der Waals surface area contributed by atoms with Crippen LogP contribution in [0.1, 0.15) is 56.4 Å². The molecule has 2 saturated carbocycles. The fraction of sp³-hybridized carbons (Fsp3) is 0.720. The molecule has 1 aromatic rings. The van der Waals surface area contributed by atoms with E-state index in [-0.39, 0.29) is 5.92 Å². The van der Waals surface area contributed by atoms with Crippen LogP contribution in [0.2, 0.25) is 0 Å². The zero-order valence-electron chi connectivity index (χ0n) is 17.9. The van der Waals surface area contributed by atoms with Gasteiger partial charge in [0.25, 0.3) is 0 Å². The van der Waals surface area contributed by atoms with Gasteiger partial charge in [0.1, 0.15) is 5.75 Å². The van der Waals surface area contributed by atoms with Crippen molar-refractivity contribution in [2.24, 2.45) is 11.3 Å². The minimum atomic E-state index is 0.144. The summed E-state index contributed by atoms with van der Waals surface area (Å²) < 4.78 is 11.4. The highest BCUT2D eigenvalue weighted by Crippen LogP contribution is 2.48. The molecule has 1 unspecified atom stereocenters. The number of ether oxygens (including phenoxy) is 2. The number of amides is 1. The summed E-state index contributed by atoms with van der Waals surface area (Å²) in [6.07, 6.45) is 9.25. The smallest absolute Gasteiger partial charge is 0.230 e. The predicted molar refractivity (Wildman–Crippen MR) is 115 cm³/mol. The lowest BCUT2D eigenvalue weighted by atomic mass is 9.77. The standard InChI is InChI=1S/C25H34N2O3/c28-24(19-14-29-15-19)27-16-25(17-27)10-7-20(13-25)26-11-8-18(9-12-26)22-3-1-2-4-23(22)30-21-5-6-21/h1-4,18-21H,5-17H2. The van der Waals surface area contributed by atoms with Crippen LogP contribution in [0.3, 0.4) is 0 Å². The maximum Gasteiger partial charge on any atom is 0.230 e. The molecule has 1 aromatic carbocycles.